The van der Waals surface area contributed by atoms with E-state index in [1.54, 1.807) is 36.4 Å². The van der Waals surface area contributed by atoms with Crippen molar-refractivity contribution in [3.8, 4) is 11.5 Å². The van der Waals surface area contributed by atoms with Crippen molar-refractivity contribution in [3.05, 3.63) is 46.6 Å². The summed E-state index contributed by atoms with van der Waals surface area (Å²) in [5.74, 6) is 1.26. The quantitative estimate of drug-likeness (QED) is 0.858. The molecule has 0 bridgehead atoms. The molecule has 1 aromatic carbocycles. The molecule has 1 aromatic heterocycles. The van der Waals surface area contributed by atoms with Crippen molar-refractivity contribution < 1.29 is 14.3 Å². The Bertz CT molecular complexity index is 661. The van der Waals surface area contributed by atoms with Gasteiger partial charge in [0.1, 0.15) is 23.6 Å². The number of pyridine rings is 1. The van der Waals surface area contributed by atoms with Crippen LogP contribution in [0.4, 0.5) is 5.82 Å². The van der Waals surface area contributed by atoms with E-state index in [1.807, 2.05) is 0 Å². The summed E-state index contributed by atoms with van der Waals surface area (Å²) in [4.78, 5) is 16.5. The molecule has 3 rings (SSSR count). The molecule has 2 aromatic rings. The van der Waals surface area contributed by atoms with Crippen LogP contribution >= 0.6 is 15.9 Å². The predicted molar refractivity (Wildman–Crippen MR) is 77.3 cm³/mol. The van der Waals surface area contributed by atoms with E-state index in [2.05, 4.69) is 26.2 Å². The van der Waals surface area contributed by atoms with Gasteiger partial charge in [-0.15, -0.1) is 0 Å². The van der Waals surface area contributed by atoms with Gasteiger partial charge in [-0.05, 0) is 40.2 Å². The van der Waals surface area contributed by atoms with Gasteiger partial charge in [0, 0.05) is 0 Å². The molecule has 0 aliphatic carbocycles. The molecule has 0 spiro atoms. The van der Waals surface area contributed by atoms with Crippen LogP contribution in [-0.2, 0) is 0 Å². The van der Waals surface area contributed by atoms with Gasteiger partial charge >= 0.3 is 0 Å². The summed E-state index contributed by atoms with van der Waals surface area (Å²) in [5, 5.41) is 2.73. The minimum Gasteiger partial charge on any atom is -0.486 e. The average Bonchev–Trinajstić information content (AvgIpc) is 2.46. The summed E-state index contributed by atoms with van der Waals surface area (Å²) in [6.07, 6.45) is 0. The number of anilines is 1. The minimum absolute atomic E-state index is 0.280. The first-order valence-corrected chi connectivity index (χ1v) is 6.86. The number of amides is 1. The molecule has 0 fully saturated rings. The van der Waals surface area contributed by atoms with Crippen molar-refractivity contribution in [1.29, 1.82) is 0 Å². The summed E-state index contributed by atoms with van der Waals surface area (Å²) < 4.78 is 11.6. The third-order valence-corrected chi connectivity index (χ3v) is 3.21. The number of hydrogen-bond acceptors (Lipinski definition) is 4. The molecular formula is C14H11BrN2O3. The Morgan fingerprint density at radius 2 is 1.95 bits per heavy atom. The zero-order chi connectivity index (χ0) is 13.9. The molecule has 1 amide bonds. The summed E-state index contributed by atoms with van der Waals surface area (Å²) in [6, 6.07) is 10.5. The monoisotopic (exact) mass is 334 g/mol. The second-order valence-corrected chi connectivity index (χ2v) is 4.94. The molecule has 2 heterocycles. The minimum atomic E-state index is -0.280. The molecule has 0 saturated heterocycles. The number of ether oxygens (including phenoxy) is 2. The van der Waals surface area contributed by atoms with Crippen molar-refractivity contribution >= 4 is 27.7 Å². The topological polar surface area (TPSA) is 60.5 Å². The Labute approximate surface area is 124 Å². The van der Waals surface area contributed by atoms with E-state index in [0.29, 0.717) is 40.7 Å². The first-order valence-electron chi connectivity index (χ1n) is 6.06. The van der Waals surface area contributed by atoms with Gasteiger partial charge in [0.2, 0.25) is 0 Å². The maximum atomic E-state index is 12.3. The Balaban J connectivity index is 1.88. The summed E-state index contributed by atoms with van der Waals surface area (Å²) in [5.41, 5.74) is 0.434. The molecule has 102 valence electrons. The van der Waals surface area contributed by atoms with Crippen LogP contribution in [0.1, 0.15) is 10.4 Å². The smallest absolute Gasteiger partial charge is 0.260 e. The lowest BCUT2D eigenvalue weighted by Crippen LogP contribution is -2.20. The number of carbonyl (C=O) groups excluding carboxylic acids is 1. The van der Waals surface area contributed by atoms with Gasteiger partial charge < -0.3 is 14.8 Å². The highest BCUT2D eigenvalue weighted by Crippen LogP contribution is 2.33. The van der Waals surface area contributed by atoms with E-state index in [-0.39, 0.29) is 5.91 Å². The predicted octanol–water partition coefficient (Wildman–Crippen LogP) is 2.87. The van der Waals surface area contributed by atoms with Crippen molar-refractivity contribution in [3.63, 3.8) is 0 Å². The lowest BCUT2D eigenvalue weighted by molar-refractivity contribution is 0.101. The molecule has 1 aliphatic rings. The maximum absolute atomic E-state index is 12.3. The summed E-state index contributed by atoms with van der Waals surface area (Å²) >= 11 is 3.26. The summed E-state index contributed by atoms with van der Waals surface area (Å²) in [7, 11) is 0. The molecule has 20 heavy (non-hydrogen) atoms. The normalized spacial score (nSPS) is 12.8. The van der Waals surface area contributed by atoms with Crippen LogP contribution in [0.25, 0.3) is 0 Å². The fourth-order valence-corrected chi connectivity index (χ4v) is 2.26. The fraction of sp³-hybridized carbons (Fsp3) is 0.143. The third kappa shape index (κ3) is 2.60. The van der Waals surface area contributed by atoms with Gasteiger partial charge in [0.15, 0.2) is 11.5 Å². The van der Waals surface area contributed by atoms with Gasteiger partial charge in [0.05, 0.1) is 5.56 Å². The lowest BCUT2D eigenvalue weighted by atomic mass is 10.1. The molecule has 6 heteroatoms. The van der Waals surface area contributed by atoms with E-state index in [4.69, 9.17) is 9.47 Å². The van der Waals surface area contributed by atoms with Gasteiger partial charge in [-0.25, -0.2) is 4.98 Å². The number of rotatable bonds is 2. The van der Waals surface area contributed by atoms with Crippen LogP contribution in [0.15, 0.2) is 41.0 Å². The number of carbonyl (C=O) groups is 1. The van der Waals surface area contributed by atoms with Gasteiger partial charge in [-0.2, -0.15) is 0 Å². The van der Waals surface area contributed by atoms with E-state index >= 15 is 0 Å². The van der Waals surface area contributed by atoms with Crippen LogP contribution in [0.3, 0.4) is 0 Å². The van der Waals surface area contributed by atoms with Crippen LogP contribution < -0.4 is 14.8 Å². The molecule has 1 N–H and O–H groups in total. The number of hydrogen-bond donors (Lipinski definition) is 1. The number of aromatic nitrogens is 1. The first-order chi connectivity index (χ1) is 9.74. The second kappa shape index (κ2) is 5.50. The standard InChI is InChI=1S/C14H11BrN2O3/c15-11-5-2-6-12(16-11)17-14(18)9-3-1-4-10-13(9)20-8-7-19-10/h1-6H,7-8H2,(H,16,17,18). The van der Waals surface area contributed by atoms with Crippen LogP contribution in [-0.4, -0.2) is 24.1 Å². The van der Waals surface area contributed by atoms with Gasteiger partial charge in [-0.3, -0.25) is 4.79 Å². The van der Waals surface area contributed by atoms with E-state index in [9.17, 15) is 4.79 Å². The number of para-hydroxylation sites is 1. The lowest BCUT2D eigenvalue weighted by Gasteiger charge is -2.20. The molecule has 0 radical (unpaired) electrons. The third-order valence-electron chi connectivity index (χ3n) is 2.77. The molecular weight excluding hydrogens is 324 g/mol. The van der Waals surface area contributed by atoms with E-state index < -0.39 is 0 Å². The molecule has 0 unspecified atom stereocenters. The molecule has 0 saturated carbocycles. The highest BCUT2D eigenvalue weighted by molar-refractivity contribution is 9.10. The van der Waals surface area contributed by atoms with Gasteiger partial charge in [-0.1, -0.05) is 12.1 Å². The number of halogens is 1. The largest absolute Gasteiger partial charge is 0.486 e. The second-order valence-electron chi connectivity index (χ2n) is 4.13. The highest BCUT2D eigenvalue weighted by Gasteiger charge is 2.20. The summed E-state index contributed by atoms with van der Waals surface area (Å²) in [6.45, 7) is 0.928. The first kappa shape index (κ1) is 12.9. The zero-order valence-corrected chi connectivity index (χ0v) is 12.0. The van der Waals surface area contributed by atoms with Crippen LogP contribution in [0, 0.1) is 0 Å². The van der Waals surface area contributed by atoms with E-state index in [0.717, 1.165) is 0 Å². The number of benzene rings is 1. The van der Waals surface area contributed by atoms with Crippen molar-refractivity contribution in [2.24, 2.45) is 0 Å². The molecule has 0 atom stereocenters. The van der Waals surface area contributed by atoms with Crippen LogP contribution in [0.2, 0.25) is 0 Å². The molecule has 1 aliphatic heterocycles. The SMILES string of the molecule is O=C(Nc1cccc(Br)n1)c1cccc2c1OCCO2. The Morgan fingerprint density at radius 3 is 2.80 bits per heavy atom. The molecule has 5 nitrogen and oxygen atoms in total. The van der Waals surface area contributed by atoms with Crippen molar-refractivity contribution in [2.75, 3.05) is 18.5 Å². The van der Waals surface area contributed by atoms with Crippen molar-refractivity contribution in [2.45, 2.75) is 0 Å². The maximum Gasteiger partial charge on any atom is 0.260 e. The van der Waals surface area contributed by atoms with E-state index in [1.165, 1.54) is 0 Å². The Kier molecular flexibility index (Phi) is 3.56. The number of fused-ring (bicyclic) bond motifs is 1. The van der Waals surface area contributed by atoms with Crippen molar-refractivity contribution in [1.82, 2.24) is 4.98 Å². The van der Waals surface area contributed by atoms with Crippen LogP contribution in [0.5, 0.6) is 11.5 Å². The van der Waals surface area contributed by atoms with Gasteiger partial charge in [0.25, 0.3) is 5.91 Å². The Morgan fingerprint density at radius 1 is 1.15 bits per heavy atom. The highest BCUT2D eigenvalue weighted by atomic mass is 79.9. The number of nitrogens with zero attached hydrogens (tertiary/aromatic N) is 1. The zero-order valence-electron chi connectivity index (χ0n) is 10.4. The Hall–Kier alpha value is -2.08. The number of nitrogens with one attached hydrogen (secondary N) is 1. The fourth-order valence-electron chi connectivity index (χ4n) is 1.91. The average molecular weight is 335 g/mol.